The van der Waals surface area contributed by atoms with Gasteiger partial charge >= 0.3 is 12.1 Å². The number of halogens is 4. The normalized spacial score (nSPS) is 11.3. The molecule has 2 aromatic carbocycles. The van der Waals surface area contributed by atoms with E-state index in [2.05, 4.69) is 15.5 Å². The molecule has 0 saturated carbocycles. The zero-order valence-electron chi connectivity index (χ0n) is 17.2. The van der Waals surface area contributed by atoms with Gasteiger partial charge in [-0.1, -0.05) is 35.5 Å². The Hall–Kier alpha value is -3.05. The van der Waals surface area contributed by atoms with Gasteiger partial charge in [0.15, 0.2) is 17.6 Å². The number of nitrogens with one attached hydrogen (secondary N) is 1. The van der Waals surface area contributed by atoms with Crippen molar-refractivity contribution in [2.24, 2.45) is 0 Å². The second-order valence-corrected chi connectivity index (χ2v) is 7.98. The van der Waals surface area contributed by atoms with Crippen molar-refractivity contribution in [1.29, 1.82) is 0 Å². The Morgan fingerprint density at radius 2 is 1.82 bits per heavy atom. The van der Waals surface area contributed by atoms with E-state index >= 15 is 0 Å². The molecule has 0 bridgehead atoms. The summed E-state index contributed by atoms with van der Waals surface area (Å²) in [6.07, 6.45) is -4.63. The van der Waals surface area contributed by atoms with Gasteiger partial charge in [0.1, 0.15) is 0 Å². The van der Waals surface area contributed by atoms with Crippen LogP contribution in [0.2, 0.25) is 5.02 Å². The Kier molecular flexibility index (Phi) is 7.98. The Bertz CT molecular complexity index is 1140. The lowest BCUT2D eigenvalue weighted by molar-refractivity contribution is -0.144. The van der Waals surface area contributed by atoms with Crippen LogP contribution in [0, 0.1) is 0 Å². The van der Waals surface area contributed by atoms with Crippen LogP contribution in [0.4, 0.5) is 18.9 Å². The number of benzene rings is 2. The van der Waals surface area contributed by atoms with Crippen molar-refractivity contribution < 1.29 is 27.5 Å². The van der Waals surface area contributed by atoms with E-state index in [0.29, 0.717) is 22.5 Å². The number of rotatable bonds is 8. The minimum Gasteiger partial charge on any atom is -0.455 e. The number of para-hydroxylation sites is 1. The number of aromatic nitrogens is 3. The van der Waals surface area contributed by atoms with Gasteiger partial charge in [-0.3, -0.25) is 9.59 Å². The van der Waals surface area contributed by atoms with Gasteiger partial charge in [0, 0.05) is 17.1 Å². The van der Waals surface area contributed by atoms with Crippen molar-refractivity contribution >= 4 is 40.9 Å². The van der Waals surface area contributed by atoms with Crippen LogP contribution in [0.25, 0.3) is 11.4 Å². The van der Waals surface area contributed by atoms with Crippen LogP contribution in [-0.2, 0) is 27.0 Å². The number of hydrogen-bond donors (Lipinski definition) is 1. The van der Waals surface area contributed by atoms with Crippen LogP contribution in [0.3, 0.4) is 0 Å². The molecule has 7 nitrogen and oxygen atoms in total. The predicted molar refractivity (Wildman–Crippen MR) is 118 cm³/mol. The van der Waals surface area contributed by atoms with Crippen LogP contribution in [0.1, 0.15) is 12.5 Å². The minimum absolute atomic E-state index is 0.162. The Balaban J connectivity index is 1.54. The number of hydrogen-bond acceptors (Lipinski definition) is 6. The Morgan fingerprint density at radius 3 is 2.48 bits per heavy atom. The van der Waals surface area contributed by atoms with Gasteiger partial charge < -0.3 is 14.6 Å². The lowest BCUT2D eigenvalue weighted by atomic mass is 10.1. The van der Waals surface area contributed by atoms with Gasteiger partial charge in [-0.2, -0.15) is 13.2 Å². The molecule has 12 heteroatoms. The number of carbonyl (C=O) groups excluding carboxylic acids is 2. The van der Waals surface area contributed by atoms with Crippen LogP contribution in [0.5, 0.6) is 0 Å². The van der Waals surface area contributed by atoms with Gasteiger partial charge in [0.05, 0.1) is 17.0 Å². The third kappa shape index (κ3) is 6.48. The van der Waals surface area contributed by atoms with Crippen molar-refractivity contribution in [2.75, 3.05) is 17.7 Å². The van der Waals surface area contributed by atoms with E-state index in [-0.39, 0.29) is 5.75 Å². The molecule has 0 saturated heterocycles. The molecule has 1 N–H and O–H groups in total. The number of thioether (sulfide) groups is 1. The molecule has 0 aliphatic heterocycles. The van der Waals surface area contributed by atoms with Crippen molar-refractivity contribution in [3.63, 3.8) is 0 Å². The number of ether oxygens (including phenoxy) is 1. The van der Waals surface area contributed by atoms with Crippen LogP contribution in [-0.4, -0.2) is 39.0 Å². The zero-order chi connectivity index (χ0) is 24.0. The first kappa shape index (κ1) is 24.6. The highest BCUT2D eigenvalue weighted by Crippen LogP contribution is 2.34. The van der Waals surface area contributed by atoms with E-state index in [0.717, 1.165) is 29.5 Å². The molecule has 0 atom stereocenters. The fourth-order valence-electron chi connectivity index (χ4n) is 2.83. The molecule has 1 amide bonds. The standard InChI is InChI=1S/C21H18ClF3N4O3S/c1-2-29-19(13-7-9-14(22)10-8-13)27-28-20(29)33-12-18(31)32-11-17(30)26-16-6-4-3-5-15(16)21(23,24)25/h3-10H,2,11-12H2,1H3,(H,26,30). The van der Waals surface area contributed by atoms with E-state index in [1.165, 1.54) is 12.1 Å². The highest BCUT2D eigenvalue weighted by molar-refractivity contribution is 7.99. The highest BCUT2D eigenvalue weighted by Gasteiger charge is 2.33. The summed E-state index contributed by atoms with van der Waals surface area (Å²) in [4.78, 5) is 24.0. The van der Waals surface area contributed by atoms with E-state index in [1.807, 2.05) is 11.5 Å². The molecular weight excluding hydrogens is 481 g/mol. The Morgan fingerprint density at radius 1 is 1.12 bits per heavy atom. The van der Waals surface area contributed by atoms with Gasteiger partial charge in [0.2, 0.25) is 0 Å². The van der Waals surface area contributed by atoms with Crippen molar-refractivity contribution in [1.82, 2.24) is 14.8 Å². The molecule has 0 fully saturated rings. The fraction of sp³-hybridized carbons (Fsp3) is 0.238. The quantitative estimate of drug-likeness (QED) is 0.351. The number of alkyl halides is 3. The molecule has 174 valence electrons. The average Bonchev–Trinajstić information content (AvgIpc) is 3.19. The number of esters is 1. The average molecular weight is 499 g/mol. The van der Waals surface area contributed by atoms with Gasteiger partial charge in [0.25, 0.3) is 5.91 Å². The van der Waals surface area contributed by atoms with Crippen LogP contribution >= 0.6 is 23.4 Å². The zero-order valence-corrected chi connectivity index (χ0v) is 18.8. The molecule has 0 unspecified atom stereocenters. The molecular formula is C21H18ClF3N4O3S. The molecule has 0 spiro atoms. The first-order valence-electron chi connectivity index (χ1n) is 9.62. The molecule has 1 aromatic heterocycles. The molecule has 0 aliphatic rings. The summed E-state index contributed by atoms with van der Waals surface area (Å²) < 4.78 is 45.7. The second-order valence-electron chi connectivity index (χ2n) is 6.60. The summed E-state index contributed by atoms with van der Waals surface area (Å²) in [5, 5.41) is 11.4. The summed E-state index contributed by atoms with van der Waals surface area (Å²) >= 11 is 6.98. The van der Waals surface area contributed by atoms with E-state index < -0.39 is 35.9 Å². The Labute approximate surface area is 196 Å². The number of anilines is 1. The monoisotopic (exact) mass is 498 g/mol. The lowest BCUT2D eigenvalue weighted by Gasteiger charge is -2.13. The highest BCUT2D eigenvalue weighted by atomic mass is 35.5. The molecule has 33 heavy (non-hydrogen) atoms. The third-order valence-electron chi connectivity index (χ3n) is 4.33. The number of carbonyl (C=O) groups is 2. The summed E-state index contributed by atoms with van der Waals surface area (Å²) in [5.41, 5.74) is -0.596. The van der Waals surface area contributed by atoms with Crippen LogP contribution < -0.4 is 5.32 Å². The third-order valence-corrected chi connectivity index (χ3v) is 5.52. The summed E-state index contributed by atoms with van der Waals surface area (Å²) in [6.45, 7) is 1.72. The van der Waals surface area contributed by atoms with E-state index in [4.69, 9.17) is 16.3 Å². The summed E-state index contributed by atoms with van der Waals surface area (Å²) in [5.74, 6) is -1.16. The topological polar surface area (TPSA) is 86.1 Å². The molecule has 0 aliphatic carbocycles. The molecule has 0 radical (unpaired) electrons. The van der Waals surface area contributed by atoms with Crippen molar-refractivity contribution in [2.45, 2.75) is 24.8 Å². The van der Waals surface area contributed by atoms with Gasteiger partial charge in [-0.25, -0.2) is 0 Å². The maximum absolute atomic E-state index is 13.0. The minimum atomic E-state index is -4.63. The maximum atomic E-state index is 13.0. The fourth-order valence-corrected chi connectivity index (χ4v) is 3.76. The van der Waals surface area contributed by atoms with Crippen molar-refractivity contribution in [3.8, 4) is 11.4 Å². The smallest absolute Gasteiger partial charge is 0.418 e. The van der Waals surface area contributed by atoms with E-state index in [9.17, 15) is 22.8 Å². The maximum Gasteiger partial charge on any atom is 0.418 e. The molecule has 3 rings (SSSR count). The summed E-state index contributed by atoms with van der Waals surface area (Å²) in [6, 6.07) is 11.6. The number of amides is 1. The van der Waals surface area contributed by atoms with Gasteiger partial charge in [-0.05, 0) is 43.3 Å². The predicted octanol–water partition coefficient (Wildman–Crippen LogP) is 4.91. The largest absolute Gasteiger partial charge is 0.455 e. The SMILES string of the molecule is CCn1c(SCC(=O)OCC(=O)Nc2ccccc2C(F)(F)F)nnc1-c1ccc(Cl)cc1. The lowest BCUT2D eigenvalue weighted by Crippen LogP contribution is -2.23. The second kappa shape index (κ2) is 10.7. The molecule has 1 heterocycles. The van der Waals surface area contributed by atoms with Crippen molar-refractivity contribution in [3.05, 3.63) is 59.1 Å². The summed E-state index contributed by atoms with van der Waals surface area (Å²) in [7, 11) is 0. The first-order chi connectivity index (χ1) is 15.7. The van der Waals surface area contributed by atoms with Gasteiger partial charge in [-0.15, -0.1) is 10.2 Å². The number of nitrogens with zero attached hydrogens (tertiary/aromatic N) is 3. The van der Waals surface area contributed by atoms with E-state index in [1.54, 1.807) is 24.3 Å². The van der Waals surface area contributed by atoms with Crippen LogP contribution in [0.15, 0.2) is 53.7 Å². The molecule has 3 aromatic rings. The first-order valence-corrected chi connectivity index (χ1v) is 11.0.